The number of anilines is 1. The van der Waals surface area contributed by atoms with Gasteiger partial charge in [-0.25, -0.2) is 4.98 Å². The molecule has 1 N–H and O–H groups in total. The average molecular weight is 360 g/mol. The van der Waals surface area contributed by atoms with Crippen molar-refractivity contribution in [3.05, 3.63) is 16.1 Å². The molecule has 2 aromatic rings. The Bertz CT molecular complexity index is 557. The van der Waals surface area contributed by atoms with Crippen molar-refractivity contribution in [1.82, 2.24) is 18.6 Å². The molecule has 0 aromatic carbocycles. The highest BCUT2D eigenvalue weighted by atomic mass is 32.2. The molecule has 0 aliphatic heterocycles. The van der Waals surface area contributed by atoms with Crippen molar-refractivity contribution in [3.8, 4) is 5.88 Å². The third-order valence-electron chi connectivity index (χ3n) is 2.81. The van der Waals surface area contributed by atoms with Gasteiger partial charge in [-0.05, 0) is 14.1 Å². The Hall–Kier alpha value is -0.900. The van der Waals surface area contributed by atoms with Gasteiger partial charge in [0.05, 0.1) is 29.5 Å². The molecular weight excluding hydrogens is 338 g/mol. The molecule has 22 heavy (non-hydrogen) atoms. The van der Waals surface area contributed by atoms with E-state index in [1.807, 2.05) is 11.8 Å². The largest absolute Gasteiger partial charge is 0.478 e. The fourth-order valence-corrected chi connectivity index (χ4v) is 3.83. The fourth-order valence-electron chi connectivity index (χ4n) is 1.69. The first kappa shape index (κ1) is 17.5. The molecule has 0 aliphatic rings. The second-order valence-corrected chi connectivity index (χ2v) is 7.46. The van der Waals surface area contributed by atoms with Gasteiger partial charge in [0, 0.05) is 36.4 Å². The molecule has 122 valence electrons. The molecule has 2 rings (SSSR count). The van der Waals surface area contributed by atoms with Crippen molar-refractivity contribution in [3.63, 3.8) is 0 Å². The quantitative estimate of drug-likeness (QED) is 0.654. The van der Waals surface area contributed by atoms with E-state index in [1.165, 1.54) is 10.7 Å². The number of ether oxygens (including phenoxy) is 1. The van der Waals surface area contributed by atoms with Crippen LogP contribution in [0.5, 0.6) is 5.88 Å². The molecule has 0 atom stereocenters. The van der Waals surface area contributed by atoms with E-state index in [4.69, 9.17) is 4.74 Å². The molecule has 2 aromatic heterocycles. The molecule has 0 amide bonds. The number of methoxy groups -OCH3 is 1. The molecule has 0 unspecified atom stereocenters. The van der Waals surface area contributed by atoms with Crippen LogP contribution in [0.1, 0.15) is 10.7 Å². The van der Waals surface area contributed by atoms with Crippen molar-refractivity contribution in [2.45, 2.75) is 12.2 Å². The standard InChI is InChI=1S/C13H21N5OS3/c1-18(2)6-4-11-15-10(9-21-11)8-20-7-5-14-12-13(19-3)17-22-16-12/h9H,4-8H2,1-3H3,(H,14,16). The minimum absolute atomic E-state index is 0.569. The minimum atomic E-state index is 0.569. The monoisotopic (exact) mass is 359 g/mol. The lowest BCUT2D eigenvalue weighted by molar-refractivity contribution is 0.403. The van der Waals surface area contributed by atoms with Crippen LogP contribution in [0.15, 0.2) is 5.38 Å². The van der Waals surface area contributed by atoms with Crippen LogP contribution in [-0.4, -0.2) is 58.7 Å². The van der Waals surface area contributed by atoms with Gasteiger partial charge in [-0.2, -0.15) is 16.1 Å². The number of likely N-dealkylation sites (N-methyl/N-ethyl adjacent to an activating group) is 1. The van der Waals surface area contributed by atoms with Gasteiger partial charge in [-0.3, -0.25) is 0 Å². The Morgan fingerprint density at radius 1 is 1.36 bits per heavy atom. The van der Waals surface area contributed by atoms with Crippen molar-refractivity contribution < 1.29 is 4.74 Å². The molecule has 6 nitrogen and oxygen atoms in total. The summed E-state index contributed by atoms with van der Waals surface area (Å²) >= 11 is 4.78. The summed E-state index contributed by atoms with van der Waals surface area (Å²) in [5.41, 5.74) is 1.18. The van der Waals surface area contributed by atoms with E-state index in [0.717, 1.165) is 48.6 Å². The molecule has 0 radical (unpaired) electrons. The summed E-state index contributed by atoms with van der Waals surface area (Å²) in [5, 5.41) is 6.62. The molecule has 0 bridgehead atoms. The Balaban J connectivity index is 1.62. The van der Waals surface area contributed by atoms with Crippen LogP contribution in [0.3, 0.4) is 0 Å². The van der Waals surface area contributed by atoms with Crippen molar-refractivity contribution >= 4 is 40.6 Å². The summed E-state index contributed by atoms with van der Waals surface area (Å²) in [6.07, 6.45) is 1.03. The van der Waals surface area contributed by atoms with Gasteiger partial charge in [0.2, 0.25) is 5.82 Å². The van der Waals surface area contributed by atoms with E-state index in [-0.39, 0.29) is 0 Å². The maximum atomic E-state index is 5.11. The zero-order chi connectivity index (χ0) is 15.8. The lowest BCUT2D eigenvalue weighted by atomic mass is 10.4. The van der Waals surface area contributed by atoms with Crippen molar-refractivity contribution in [2.24, 2.45) is 0 Å². The third-order valence-corrected chi connectivity index (χ3v) is 5.27. The zero-order valence-corrected chi connectivity index (χ0v) is 15.5. The summed E-state index contributed by atoms with van der Waals surface area (Å²) in [6, 6.07) is 0. The minimum Gasteiger partial charge on any atom is -0.478 e. The van der Waals surface area contributed by atoms with E-state index in [2.05, 4.69) is 43.4 Å². The number of hydrogen-bond acceptors (Lipinski definition) is 9. The molecule has 0 spiro atoms. The fraction of sp³-hybridized carbons (Fsp3) is 0.615. The third kappa shape index (κ3) is 5.71. The van der Waals surface area contributed by atoms with Gasteiger partial charge in [0.15, 0.2) is 0 Å². The van der Waals surface area contributed by atoms with E-state index >= 15 is 0 Å². The average Bonchev–Trinajstić information content (AvgIpc) is 3.13. The van der Waals surface area contributed by atoms with Crippen LogP contribution in [0.25, 0.3) is 0 Å². The predicted molar refractivity (Wildman–Crippen MR) is 95.5 cm³/mol. The van der Waals surface area contributed by atoms with Gasteiger partial charge >= 0.3 is 0 Å². The van der Waals surface area contributed by atoms with Crippen LogP contribution in [0.2, 0.25) is 0 Å². The summed E-state index contributed by atoms with van der Waals surface area (Å²) in [6.45, 7) is 1.89. The van der Waals surface area contributed by atoms with Crippen LogP contribution in [-0.2, 0) is 12.2 Å². The normalized spacial score (nSPS) is 11.1. The van der Waals surface area contributed by atoms with Crippen LogP contribution < -0.4 is 10.1 Å². The van der Waals surface area contributed by atoms with Gasteiger partial charge in [-0.15, -0.1) is 15.7 Å². The highest BCUT2D eigenvalue weighted by Crippen LogP contribution is 2.20. The smallest absolute Gasteiger partial charge is 0.270 e. The van der Waals surface area contributed by atoms with E-state index in [9.17, 15) is 0 Å². The number of hydrogen-bond donors (Lipinski definition) is 1. The van der Waals surface area contributed by atoms with Crippen molar-refractivity contribution in [1.29, 1.82) is 0 Å². The lowest BCUT2D eigenvalue weighted by Gasteiger charge is -2.06. The summed E-state index contributed by atoms with van der Waals surface area (Å²) in [7, 11) is 5.78. The SMILES string of the molecule is COc1nsnc1NCCSCc1csc(CCN(C)C)n1. The summed E-state index contributed by atoms with van der Waals surface area (Å²) in [4.78, 5) is 6.85. The maximum Gasteiger partial charge on any atom is 0.270 e. The van der Waals surface area contributed by atoms with Crippen LogP contribution >= 0.6 is 34.8 Å². The highest BCUT2D eigenvalue weighted by molar-refractivity contribution is 7.98. The predicted octanol–water partition coefficient (Wildman–Crippen LogP) is 2.45. The molecule has 9 heteroatoms. The number of rotatable bonds is 10. The molecule has 0 aliphatic carbocycles. The van der Waals surface area contributed by atoms with E-state index < -0.39 is 0 Å². The Morgan fingerprint density at radius 3 is 3.00 bits per heavy atom. The van der Waals surface area contributed by atoms with Gasteiger partial charge < -0.3 is 15.0 Å². The molecule has 0 saturated heterocycles. The van der Waals surface area contributed by atoms with Gasteiger partial charge in [-0.1, -0.05) is 0 Å². The summed E-state index contributed by atoms with van der Waals surface area (Å²) in [5.74, 6) is 3.24. The van der Waals surface area contributed by atoms with E-state index in [0.29, 0.717) is 5.88 Å². The van der Waals surface area contributed by atoms with E-state index in [1.54, 1.807) is 18.4 Å². The molecule has 2 heterocycles. The van der Waals surface area contributed by atoms with Crippen LogP contribution in [0.4, 0.5) is 5.82 Å². The summed E-state index contributed by atoms with van der Waals surface area (Å²) < 4.78 is 13.3. The topological polar surface area (TPSA) is 63.2 Å². The first-order chi connectivity index (χ1) is 10.7. The maximum absolute atomic E-state index is 5.11. The molecular formula is C13H21N5OS3. The second kappa shape index (κ2) is 9.29. The zero-order valence-electron chi connectivity index (χ0n) is 13.0. The van der Waals surface area contributed by atoms with Gasteiger partial charge in [0.25, 0.3) is 5.88 Å². The molecule has 0 fully saturated rings. The number of nitrogens with zero attached hydrogens (tertiary/aromatic N) is 4. The van der Waals surface area contributed by atoms with Crippen molar-refractivity contribution in [2.75, 3.05) is 45.4 Å². The van der Waals surface area contributed by atoms with Gasteiger partial charge in [0.1, 0.15) is 0 Å². The lowest BCUT2D eigenvalue weighted by Crippen LogP contribution is -2.14. The molecule has 0 saturated carbocycles. The number of thiazole rings is 1. The second-order valence-electron chi connectivity index (χ2n) is 4.89. The first-order valence-electron chi connectivity index (χ1n) is 6.95. The Kier molecular flexibility index (Phi) is 7.37. The van der Waals surface area contributed by atoms with Crippen LogP contribution in [0, 0.1) is 0 Å². The Morgan fingerprint density at radius 2 is 2.23 bits per heavy atom. The highest BCUT2D eigenvalue weighted by Gasteiger charge is 2.07. The first-order valence-corrected chi connectivity index (χ1v) is 9.71. The Labute approximate surface area is 143 Å². The number of aromatic nitrogens is 3. The number of nitrogens with one attached hydrogen (secondary N) is 1. The number of thioether (sulfide) groups is 1.